The Labute approximate surface area is 248 Å². The number of hydrogen-bond donors (Lipinski definition) is 2. The lowest BCUT2D eigenvalue weighted by molar-refractivity contribution is -0.115. The van der Waals surface area contributed by atoms with E-state index >= 15 is 0 Å². The van der Waals surface area contributed by atoms with Crippen LogP contribution in [-0.4, -0.2) is 96.3 Å². The largest absolute Gasteiger partial charge is 0.489 e. The van der Waals surface area contributed by atoms with Gasteiger partial charge in [0.1, 0.15) is 18.2 Å². The summed E-state index contributed by atoms with van der Waals surface area (Å²) in [5.41, 5.74) is 3.39. The van der Waals surface area contributed by atoms with E-state index in [0.29, 0.717) is 53.9 Å². The number of anilines is 4. The number of Topliss-reactive ketones (excluding diaryl/α,β-unsaturated/α-hetero) is 1. The number of benzene rings is 1. The fourth-order valence-corrected chi connectivity index (χ4v) is 6.96. The van der Waals surface area contributed by atoms with Gasteiger partial charge in [-0.2, -0.15) is 4.98 Å². The number of likely N-dealkylation sites (tertiary alicyclic amines) is 1. The van der Waals surface area contributed by atoms with Crippen LogP contribution in [-0.2, 0) is 9.59 Å². The number of piperidine rings is 1. The van der Waals surface area contributed by atoms with Crippen LogP contribution in [0.3, 0.4) is 0 Å². The third-order valence-electron chi connectivity index (χ3n) is 9.47. The van der Waals surface area contributed by atoms with Crippen molar-refractivity contribution in [3.63, 3.8) is 0 Å². The van der Waals surface area contributed by atoms with Crippen LogP contribution in [0.4, 0.5) is 23.1 Å². The number of carbonyl (C=O) groups is 2. The molecule has 4 heterocycles. The SMILES string of the molecule is CC(=O)/C(C=O)=C(\C)c1cnc(Nc2ccc3c(c2)OC[C@@H]2CN(C4CCN(C)CC4)CCN32)nc1NC1CCCC1. The zero-order chi connectivity index (χ0) is 29.2. The van der Waals surface area contributed by atoms with Crippen LogP contribution < -0.4 is 20.3 Å². The molecule has 1 aliphatic carbocycles. The Morgan fingerprint density at radius 3 is 2.57 bits per heavy atom. The van der Waals surface area contributed by atoms with Crippen molar-refractivity contribution in [3.05, 3.63) is 35.5 Å². The van der Waals surface area contributed by atoms with Crippen molar-refractivity contribution in [1.29, 1.82) is 0 Å². The number of fused-ring (bicyclic) bond motifs is 3. The third kappa shape index (κ3) is 6.01. The van der Waals surface area contributed by atoms with Crippen molar-refractivity contribution >= 4 is 40.8 Å². The molecule has 3 fully saturated rings. The zero-order valence-corrected chi connectivity index (χ0v) is 25.1. The van der Waals surface area contributed by atoms with Gasteiger partial charge in [0.2, 0.25) is 5.95 Å². The van der Waals surface area contributed by atoms with Crippen molar-refractivity contribution in [2.75, 3.05) is 61.9 Å². The highest BCUT2D eigenvalue weighted by Gasteiger charge is 2.36. The normalized spacial score (nSPS) is 22.5. The second kappa shape index (κ2) is 12.4. The maximum atomic E-state index is 12.1. The van der Waals surface area contributed by atoms with Gasteiger partial charge in [-0.3, -0.25) is 14.5 Å². The van der Waals surface area contributed by atoms with E-state index in [1.807, 2.05) is 6.07 Å². The van der Waals surface area contributed by atoms with Gasteiger partial charge < -0.3 is 25.2 Å². The Morgan fingerprint density at radius 2 is 1.83 bits per heavy atom. The summed E-state index contributed by atoms with van der Waals surface area (Å²) < 4.78 is 6.31. The van der Waals surface area contributed by atoms with Gasteiger partial charge >= 0.3 is 0 Å². The lowest BCUT2D eigenvalue weighted by Crippen LogP contribution is -2.60. The van der Waals surface area contributed by atoms with E-state index in [1.54, 1.807) is 13.1 Å². The van der Waals surface area contributed by atoms with E-state index in [4.69, 9.17) is 9.72 Å². The highest BCUT2D eigenvalue weighted by molar-refractivity contribution is 6.17. The summed E-state index contributed by atoms with van der Waals surface area (Å²) >= 11 is 0. The van der Waals surface area contributed by atoms with Crippen LogP contribution in [0, 0.1) is 0 Å². The highest BCUT2D eigenvalue weighted by Crippen LogP contribution is 2.38. The smallest absolute Gasteiger partial charge is 0.229 e. The molecule has 1 atom stereocenters. The average molecular weight is 574 g/mol. The predicted molar refractivity (Wildman–Crippen MR) is 166 cm³/mol. The van der Waals surface area contributed by atoms with Crippen LogP contribution in [0.15, 0.2) is 30.0 Å². The number of rotatable bonds is 8. The number of aromatic nitrogens is 2. The average Bonchev–Trinajstić information content (AvgIpc) is 3.50. The molecule has 2 N–H and O–H groups in total. The second-order valence-corrected chi connectivity index (χ2v) is 12.3. The maximum absolute atomic E-state index is 12.1. The van der Waals surface area contributed by atoms with Gasteiger partial charge in [-0.1, -0.05) is 12.8 Å². The molecule has 1 aromatic carbocycles. The van der Waals surface area contributed by atoms with Gasteiger partial charge in [0, 0.05) is 55.2 Å². The molecule has 2 saturated heterocycles. The van der Waals surface area contributed by atoms with Crippen LogP contribution in [0.2, 0.25) is 0 Å². The van der Waals surface area contributed by atoms with E-state index < -0.39 is 0 Å². The molecule has 4 aliphatic rings. The number of aldehydes is 1. The van der Waals surface area contributed by atoms with E-state index in [2.05, 4.69) is 49.5 Å². The number of nitrogens with one attached hydrogen (secondary N) is 2. The Balaban J connectivity index is 1.18. The van der Waals surface area contributed by atoms with Gasteiger partial charge in [-0.15, -0.1) is 0 Å². The highest BCUT2D eigenvalue weighted by atomic mass is 16.5. The Hall–Kier alpha value is -3.50. The number of nitrogens with zero attached hydrogens (tertiary/aromatic N) is 5. The summed E-state index contributed by atoms with van der Waals surface area (Å²) in [5.74, 6) is 1.69. The molecular weight excluding hydrogens is 530 g/mol. The first kappa shape index (κ1) is 28.6. The molecule has 0 radical (unpaired) electrons. The standard InChI is InChI=1S/C32H43N7O3/c1-21(28(19-40)22(2)41)27-17-33-32(36-31(27)34-23-6-4-5-7-23)35-24-8-9-29-30(16-24)42-20-26-18-38(14-15-39(26)29)25-10-12-37(3)13-11-25/h8-9,16-17,19,23,25-26H,4-7,10-15,18,20H2,1-3H3,(H2,33,34,35,36)/b28-21+/t26-/m0/s1. The van der Waals surface area contributed by atoms with Crippen LogP contribution in [0.1, 0.15) is 57.9 Å². The van der Waals surface area contributed by atoms with Crippen molar-refractivity contribution in [2.45, 2.75) is 70.5 Å². The molecule has 3 aliphatic heterocycles. The van der Waals surface area contributed by atoms with Gasteiger partial charge in [-0.05, 0) is 77.4 Å². The topological polar surface area (TPSA) is 103 Å². The molecule has 42 heavy (non-hydrogen) atoms. The lowest BCUT2D eigenvalue weighted by Gasteiger charge is -2.48. The summed E-state index contributed by atoms with van der Waals surface area (Å²) in [5, 5.41) is 6.91. The van der Waals surface area contributed by atoms with Gasteiger partial charge in [0.05, 0.1) is 17.3 Å². The second-order valence-electron chi connectivity index (χ2n) is 12.3. The first-order valence-corrected chi connectivity index (χ1v) is 15.4. The van der Waals surface area contributed by atoms with Crippen molar-refractivity contribution in [1.82, 2.24) is 19.8 Å². The van der Waals surface area contributed by atoms with E-state index in [-0.39, 0.29) is 11.4 Å². The number of hydrogen-bond acceptors (Lipinski definition) is 10. The molecule has 0 bridgehead atoms. The Bertz CT molecular complexity index is 1350. The first-order chi connectivity index (χ1) is 20.4. The molecular formula is C32H43N7O3. The number of ketones is 1. The predicted octanol–water partition coefficient (Wildman–Crippen LogP) is 4.11. The number of piperazine rings is 1. The van der Waals surface area contributed by atoms with Crippen molar-refractivity contribution in [2.24, 2.45) is 0 Å². The first-order valence-electron chi connectivity index (χ1n) is 15.4. The molecule has 6 rings (SSSR count). The molecule has 0 amide bonds. The molecule has 10 nitrogen and oxygen atoms in total. The molecule has 224 valence electrons. The minimum atomic E-state index is -0.268. The fourth-order valence-electron chi connectivity index (χ4n) is 6.96. The minimum absolute atomic E-state index is 0.145. The molecule has 0 spiro atoms. The Kier molecular flexibility index (Phi) is 8.44. The van der Waals surface area contributed by atoms with Crippen LogP contribution in [0.5, 0.6) is 5.75 Å². The van der Waals surface area contributed by atoms with E-state index in [0.717, 1.165) is 49.6 Å². The lowest BCUT2D eigenvalue weighted by atomic mass is 10.00. The van der Waals surface area contributed by atoms with Gasteiger partial charge in [0.25, 0.3) is 0 Å². The molecule has 1 saturated carbocycles. The number of ether oxygens (including phenoxy) is 1. The van der Waals surface area contributed by atoms with Gasteiger partial charge in [-0.25, -0.2) is 4.98 Å². The van der Waals surface area contributed by atoms with Crippen molar-refractivity contribution < 1.29 is 14.3 Å². The monoisotopic (exact) mass is 573 g/mol. The van der Waals surface area contributed by atoms with Crippen LogP contribution in [0.25, 0.3) is 5.57 Å². The quantitative estimate of drug-likeness (QED) is 0.208. The van der Waals surface area contributed by atoms with E-state index in [1.165, 1.54) is 45.7 Å². The molecule has 2 aromatic rings. The summed E-state index contributed by atoms with van der Waals surface area (Å²) in [7, 11) is 2.22. The zero-order valence-electron chi connectivity index (χ0n) is 25.1. The van der Waals surface area contributed by atoms with Crippen LogP contribution >= 0.6 is 0 Å². The summed E-state index contributed by atoms with van der Waals surface area (Å²) in [4.78, 5) is 40.7. The maximum Gasteiger partial charge on any atom is 0.229 e. The molecule has 1 aromatic heterocycles. The number of allylic oxidation sites excluding steroid dienone is 2. The minimum Gasteiger partial charge on any atom is -0.489 e. The third-order valence-corrected chi connectivity index (χ3v) is 9.47. The molecule has 10 heteroatoms. The fraction of sp³-hybridized carbons (Fsp3) is 0.562. The summed E-state index contributed by atoms with van der Waals surface area (Å²) in [6.45, 7) is 9.38. The van der Waals surface area contributed by atoms with E-state index in [9.17, 15) is 9.59 Å². The Morgan fingerprint density at radius 1 is 1.05 bits per heavy atom. The number of carbonyl (C=O) groups excluding carboxylic acids is 2. The summed E-state index contributed by atoms with van der Waals surface area (Å²) in [6, 6.07) is 7.58. The summed E-state index contributed by atoms with van der Waals surface area (Å²) in [6.07, 6.45) is 9.30. The van der Waals surface area contributed by atoms with Crippen molar-refractivity contribution in [3.8, 4) is 5.75 Å². The van der Waals surface area contributed by atoms with Gasteiger partial charge in [0.15, 0.2) is 12.1 Å². The molecule has 0 unspecified atom stereocenters.